The number of thioether (sulfide) groups is 1. The SMILES string of the molecule is CSCC[C@@H](NC(=O)COc1ccccc1)C(=O)NCc1cccc(C(F)(F)F)c1. The van der Waals surface area contributed by atoms with Crippen LogP contribution in [0.15, 0.2) is 54.6 Å². The predicted molar refractivity (Wildman–Crippen MR) is 110 cm³/mol. The Balaban J connectivity index is 1.91. The van der Waals surface area contributed by atoms with Crippen molar-refractivity contribution in [2.75, 3.05) is 18.6 Å². The molecule has 0 aliphatic carbocycles. The molecule has 2 aromatic carbocycles. The van der Waals surface area contributed by atoms with Crippen LogP contribution in [0.1, 0.15) is 17.5 Å². The van der Waals surface area contributed by atoms with Gasteiger partial charge in [0, 0.05) is 6.54 Å². The molecular formula is C21H23F3N2O3S. The van der Waals surface area contributed by atoms with E-state index in [0.717, 1.165) is 12.1 Å². The zero-order valence-electron chi connectivity index (χ0n) is 16.4. The molecular weight excluding hydrogens is 417 g/mol. The van der Waals surface area contributed by atoms with E-state index < -0.39 is 29.6 Å². The van der Waals surface area contributed by atoms with Crippen molar-refractivity contribution >= 4 is 23.6 Å². The lowest BCUT2D eigenvalue weighted by Gasteiger charge is -2.18. The molecule has 9 heteroatoms. The number of carbonyl (C=O) groups is 2. The second-order valence-electron chi connectivity index (χ2n) is 6.42. The molecule has 1 atom stereocenters. The van der Waals surface area contributed by atoms with Crippen LogP contribution in [0.4, 0.5) is 13.2 Å². The van der Waals surface area contributed by atoms with E-state index in [2.05, 4.69) is 10.6 Å². The van der Waals surface area contributed by atoms with Gasteiger partial charge in [-0.15, -0.1) is 0 Å². The van der Waals surface area contributed by atoms with Gasteiger partial charge < -0.3 is 15.4 Å². The maximum Gasteiger partial charge on any atom is 0.416 e. The maximum absolute atomic E-state index is 12.8. The topological polar surface area (TPSA) is 67.4 Å². The number of alkyl halides is 3. The highest BCUT2D eigenvalue weighted by molar-refractivity contribution is 7.98. The monoisotopic (exact) mass is 440 g/mol. The third-order valence-electron chi connectivity index (χ3n) is 4.10. The lowest BCUT2D eigenvalue weighted by atomic mass is 10.1. The van der Waals surface area contributed by atoms with Crippen LogP contribution in [0, 0.1) is 0 Å². The van der Waals surface area contributed by atoms with E-state index in [9.17, 15) is 22.8 Å². The number of hydrogen-bond donors (Lipinski definition) is 2. The molecule has 0 aliphatic rings. The average Bonchev–Trinajstić information content (AvgIpc) is 2.73. The third-order valence-corrected chi connectivity index (χ3v) is 4.74. The van der Waals surface area contributed by atoms with E-state index in [1.807, 2.05) is 12.3 Å². The number of amides is 2. The van der Waals surface area contributed by atoms with Gasteiger partial charge in [-0.25, -0.2) is 0 Å². The van der Waals surface area contributed by atoms with Gasteiger partial charge in [-0.05, 0) is 48.3 Å². The number of benzene rings is 2. The second kappa shape index (κ2) is 11.5. The van der Waals surface area contributed by atoms with Gasteiger partial charge in [0.05, 0.1) is 5.56 Å². The summed E-state index contributed by atoms with van der Waals surface area (Å²) in [4.78, 5) is 24.7. The highest BCUT2D eigenvalue weighted by Gasteiger charge is 2.30. The summed E-state index contributed by atoms with van der Waals surface area (Å²) in [5.41, 5.74) is -0.458. The Morgan fingerprint density at radius 3 is 2.50 bits per heavy atom. The molecule has 2 N–H and O–H groups in total. The van der Waals surface area contributed by atoms with Gasteiger partial charge >= 0.3 is 6.18 Å². The zero-order valence-corrected chi connectivity index (χ0v) is 17.2. The number of hydrogen-bond acceptors (Lipinski definition) is 4. The molecule has 0 radical (unpaired) electrons. The summed E-state index contributed by atoms with van der Waals surface area (Å²) in [6.07, 6.45) is -2.20. The van der Waals surface area contributed by atoms with E-state index in [1.165, 1.54) is 23.9 Å². The first-order valence-electron chi connectivity index (χ1n) is 9.19. The molecule has 0 unspecified atom stereocenters. The summed E-state index contributed by atoms with van der Waals surface area (Å²) in [5, 5.41) is 5.22. The van der Waals surface area contributed by atoms with Gasteiger partial charge in [-0.3, -0.25) is 9.59 Å². The quantitative estimate of drug-likeness (QED) is 0.592. The van der Waals surface area contributed by atoms with Crippen molar-refractivity contribution in [2.45, 2.75) is 25.2 Å². The number of nitrogens with one attached hydrogen (secondary N) is 2. The van der Waals surface area contributed by atoms with Gasteiger partial charge in [-0.2, -0.15) is 24.9 Å². The molecule has 0 heterocycles. The van der Waals surface area contributed by atoms with E-state index in [0.29, 0.717) is 23.5 Å². The van der Waals surface area contributed by atoms with Crippen LogP contribution in [0.5, 0.6) is 5.75 Å². The number of halogens is 3. The van der Waals surface area contributed by atoms with Crippen molar-refractivity contribution < 1.29 is 27.5 Å². The smallest absolute Gasteiger partial charge is 0.416 e. The van der Waals surface area contributed by atoms with E-state index in [-0.39, 0.29) is 13.2 Å². The fourth-order valence-corrected chi connectivity index (χ4v) is 3.05. The lowest BCUT2D eigenvalue weighted by molar-refractivity contribution is -0.137. The Labute approximate surface area is 177 Å². The van der Waals surface area contributed by atoms with Crippen LogP contribution in [0.3, 0.4) is 0 Å². The summed E-state index contributed by atoms with van der Waals surface area (Å²) >= 11 is 1.52. The minimum atomic E-state index is -4.45. The first-order chi connectivity index (χ1) is 14.3. The van der Waals surface area contributed by atoms with Crippen molar-refractivity contribution in [3.63, 3.8) is 0 Å². The molecule has 2 aromatic rings. The Morgan fingerprint density at radius 1 is 1.10 bits per heavy atom. The first kappa shape index (κ1) is 23.6. The fraction of sp³-hybridized carbons (Fsp3) is 0.333. The number of carbonyl (C=O) groups excluding carboxylic acids is 2. The fourth-order valence-electron chi connectivity index (χ4n) is 2.58. The molecule has 0 aliphatic heterocycles. The van der Waals surface area contributed by atoms with Crippen LogP contribution in [-0.2, 0) is 22.3 Å². The third kappa shape index (κ3) is 7.98. The first-order valence-corrected chi connectivity index (χ1v) is 10.6. The second-order valence-corrected chi connectivity index (χ2v) is 7.40. The molecule has 0 aromatic heterocycles. The standard InChI is InChI=1S/C21H23F3N2O3S/c1-30-11-10-18(26-19(27)14-29-17-8-3-2-4-9-17)20(28)25-13-15-6-5-7-16(12-15)21(22,23)24/h2-9,12,18H,10-11,13-14H2,1H3,(H,25,28)(H,26,27)/t18-/m1/s1. The number of para-hydroxylation sites is 1. The minimum absolute atomic E-state index is 0.0745. The molecule has 30 heavy (non-hydrogen) atoms. The lowest BCUT2D eigenvalue weighted by Crippen LogP contribution is -2.48. The molecule has 2 amide bonds. The summed E-state index contributed by atoms with van der Waals surface area (Å²) < 4.78 is 43.8. The van der Waals surface area contributed by atoms with Gasteiger partial charge in [-0.1, -0.05) is 30.3 Å². The van der Waals surface area contributed by atoms with Crippen molar-refractivity contribution in [2.24, 2.45) is 0 Å². The summed E-state index contributed by atoms with van der Waals surface area (Å²) in [7, 11) is 0. The van der Waals surface area contributed by atoms with Crippen LogP contribution in [0.2, 0.25) is 0 Å². The van der Waals surface area contributed by atoms with Gasteiger partial charge in [0.1, 0.15) is 11.8 Å². The number of rotatable bonds is 10. The molecule has 0 fully saturated rings. The Morgan fingerprint density at radius 2 is 1.83 bits per heavy atom. The number of ether oxygens (including phenoxy) is 1. The molecule has 0 spiro atoms. The average molecular weight is 440 g/mol. The van der Waals surface area contributed by atoms with Crippen molar-refractivity contribution in [1.82, 2.24) is 10.6 Å². The molecule has 2 rings (SSSR count). The van der Waals surface area contributed by atoms with E-state index >= 15 is 0 Å². The minimum Gasteiger partial charge on any atom is -0.484 e. The summed E-state index contributed by atoms with van der Waals surface area (Å²) in [6.45, 7) is -0.324. The van der Waals surface area contributed by atoms with Gasteiger partial charge in [0.2, 0.25) is 5.91 Å². The van der Waals surface area contributed by atoms with Crippen LogP contribution < -0.4 is 15.4 Å². The van der Waals surface area contributed by atoms with Crippen molar-refractivity contribution in [3.05, 3.63) is 65.7 Å². The summed E-state index contributed by atoms with van der Waals surface area (Å²) in [6, 6.07) is 12.7. The Hall–Kier alpha value is -2.68. The summed E-state index contributed by atoms with van der Waals surface area (Å²) in [5.74, 6) is 0.234. The van der Waals surface area contributed by atoms with E-state index in [1.54, 1.807) is 24.3 Å². The molecule has 0 saturated carbocycles. The highest BCUT2D eigenvalue weighted by atomic mass is 32.2. The van der Waals surface area contributed by atoms with Crippen molar-refractivity contribution in [3.8, 4) is 5.75 Å². The van der Waals surface area contributed by atoms with Crippen molar-refractivity contribution in [1.29, 1.82) is 0 Å². The van der Waals surface area contributed by atoms with Gasteiger partial charge in [0.15, 0.2) is 6.61 Å². The highest BCUT2D eigenvalue weighted by Crippen LogP contribution is 2.29. The predicted octanol–water partition coefficient (Wildman–Crippen LogP) is 3.64. The van der Waals surface area contributed by atoms with Crippen LogP contribution >= 0.6 is 11.8 Å². The molecule has 0 saturated heterocycles. The molecule has 162 valence electrons. The Kier molecular flexibility index (Phi) is 9.04. The normalized spacial score (nSPS) is 12.1. The Bertz CT molecular complexity index is 832. The van der Waals surface area contributed by atoms with Crippen LogP contribution in [-0.4, -0.2) is 36.5 Å². The molecule has 5 nitrogen and oxygen atoms in total. The zero-order chi connectivity index (χ0) is 22.0. The maximum atomic E-state index is 12.8. The van der Waals surface area contributed by atoms with E-state index in [4.69, 9.17) is 4.74 Å². The largest absolute Gasteiger partial charge is 0.484 e. The van der Waals surface area contributed by atoms with Crippen LogP contribution in [0.25, 0.3) is 0 Å². The van der Waals surface area contributed by atoms with Gasteiger partial charge in [0.25, 0.3) is 5.91 Å². The molecule has 0 bridgehead atoms.